The van der Waals surface area contributed by atoms with Crippen molar-refractivity contribution in [2.45, 2.75) is 38.0 Å². The van der Waals surface area contributed by atoms with E-state index in [2.05, 4.69) is 5.10 Å². The lowest BCUT2D eigenvalue weighted by Gasteiger charge is -2.25. The SMILES string of the molecule is O=c1oc2c(c3ccsc13)C(c1cnn(C3CCCCO3)c1)OCC2. The van der Waals surface area contributed by atoms with Crippen molar-refractivity contribution >= 4 is 21.4 Å². The Kier molecular flexibility index (Phi) is 3.73. The molecule has 0 amide bonds. The standard InChI is InChI=1S/C18H18N2O4S/c21-18-17-12(5-8-25-17)15-13(24-18)4-7-23-16(15)11-9-19-20(10-11)14-3-1-2-6-22-14/h5,8-10,14,16H,1-4,6-7H2. The molecular weight excluding hydrogens is 340 g/mol. The zero-order valence-corrected chi connectivity index (χ0v) is 14.5. The average Bonchev–Trinajstić information content (AvgIpc) is 3.32. The number of ether oxygens (including phenoxy) is 2. The van der Waals surface area contributed by atoms with E-state index < -0.39 is 0 Å². The zero-order chi connectivity index (χ0) is 16.8. The van der Waals surface area contributed by atoms with Crippen LogP contribution in [0.15, 0.2) is 33.1 Å². The third-order valence-corrected chi connectivity index (χ3v) is 5.80. The van der Waals surface area contributed by atoms with Crippen molar-refractivity contribution in [3.63, 3.8) is 0 Å². The molecule has 0 saturated carbocycles. The number of hydrogen-bond acceptors (Lipinski definition) is 6. The van der Waals surface area contributed by atoms with Gasteiger partial charge in [-0.15, -0.1) is 11.3 Å². The van der Waals surface area contributed by atoms with Gasteiger partial charge in [-0.25, -0.2) is 9.48 Å². The average molecular weight is 358 g/mol. The maximum atomic E-state index is 12.1. The summed E-state index contributed by atoms with van der Waals surface area (Å²) in [6, 6.07) is 1.98. The van der Waals surface area contributed by atoms with Crippen LogP contribution in [0.1, 0.15) is 48.5 Å². The molecular formula is C18H18N2O4S. The first-order valence-electron chi connectivity index (χ1n) is 8.61. The molecule has 7 heteroatoms. The van der Waals surface area contributed by atoms with Crippen LogP contribution in [0.25, 0.3) is 10.1 Å². The molecule has 0 bridgehead atoms. The highest BCUT2D eigenvalue weighted by Gasteiger charge is 2.30. The second kappa shape index (κ2) is 6.09. The fourth-order valence-corrected chi connectivity index (χ4v) is 4.49. The first kappa shape index (κ1) is 15.3. The minimum Gasteiger partial charge on any atom is -0.426 e. The van der Waals surface area contributed by atoms with E-state index in [9.17, 15) is 4.79 Å². The highest BCUT2D eigenvalue weighted by Crippen LogP contribution is 2.38. The van der Waals surface area contributed by atoms with E-state index in [-0.39, 0.29) is 18.0 Å². The number of rotatable bonds is 2. The highest BCUT2D eigenvalue weighted by molar-refractivity contribution is 7.17. The van der Waals surface area contributed by atoms with Crippen molar-refractivity contribution < 1.29 is 13.9 Å². The molecule has 2 aliphatic heterocycles. The van der Waals surface area contributed by atoms with Crippen molar-refractivity contribution in [3.8, 4) is 0 Å². The predicted molar refractivity (Wildman–Crippen MR) is 92.9 cm³/mol. The lowest BCUT2D eigenvalue weighted by molar-refractivity contribution is -0.0396. The number of nitrogens with zero attached hydrogens (tertiary/aromatic N) is 2. The molecule has 3 aromatic rings. The van der Waals surface area contributed by atoms with Gasteiger partial charge in [0.25, 0.3) is 0 Å². The van der Waals surface area contributed by atoms with Gasteiger partial charge in [0, 0.05) is 35.7 Å². The maximum Gasteiger partial charge on any atom is 0.354 e. The highest BCUT2D eigenvalue weighted by atomic mass is 32.1. The number of thiophene rings is 1. The van der Waals surface area contributed by atoms with Gasteiger partial charge in [-0.2, -0.15) is 5.10 Å². The van der Waals surface area contributed by atoms with E-state index in [1.165, 1.54) is 11.3 Å². The molecule has 2 unspecified atom stereocenters. The van der Waals surface area contributed by atoms with Crippen LogP contribution in [0, 0.1) is 0 Å². The van der Waals surface area contributed by atoms with E-state index in [1.807, 2.05) is 28.5 Å². The van der Waals surface area contributed by atoms with Gasteiger partial charge in [0.2, 0.25) is 0 Å². The van der Waals surface area contributed by atoms with Crippen LogP contribution in [0.4, 0.5) is 0 Å². The molecule has 2 aliphatic rings. The second-order valence-electron chi connectivity index (χ2n) is 6.47. The van der Waals surface area contributed by atoms with Crippen LogP contribution in [0.3, 0.4) is 0 Å². The molecule has 0 radical (unpaired) electrons. The summed E-state index contributed by atoms with van der Waals surface area (Å²) in [5.74, 6) is 0.730. The zero-order valence-electron chi connectivity index (χ0n) is 13.6. The van der Waals surface area contributed by atoms with E-state index in [1.54, 1.807) is 0 Å². The smallest absolute Gasteiger partial charge is 0.354 e. The summed E-state index contributed by atoms with van der Waals surface area (Å²) in [4.78, 5) is 12.1. The fraction of sp³-hybridized carbons (Fsp3) is 0.444. The topological polar surface area (TPSA) is 66.5 Å². The van der Waals surface area contributed by atoms with Gasteiger partial charge in [0.15, 0.2) is 0 Å². The third-order valence-electron chi connectivity index (χ3n) is 4.91. The molecule has 0 aromatic carbocycles. The first-order chi connectivity index (χ1) is 12.3. The minimum absolute atomic E-state index is 0.000401. The molecule has 5 rings (SSSR count). The quantitative estimate of drug-likeness (QED) is 0.702. The van der Waals surface area contributed by atoms with Crippen LogP contribution < -0.4 is 5.63 Å². The Bertz CT molecular complexity index is 967. The molecule has 0 spiro atoms. The summed E-state index contributed by atoms with van der Waals surface area (Å²) in [7, 11) is 0. The van der Waals surface area contributed by atoms with Crippen LogP contribution in [0.2, 0.25) is 0 Å². The molecule has 25 heavy (non-hydrogen) atoms. The Morgan fingerprint density at radius 2 is 2.20 bits per heavy atom. The lowest BCUT2D eigenvalue weighted by Crippen LogP contribution is -2.20. The summed E-state index contributed by atoms with van der Waals surface area (Å²) in [5, 5.41) is 7.35. The van der Waals surface area contributed by atoms with Gasteiger partial charge >= 0.3 is 5.63 Å². The molecule has 1 fully saturated rings. The Balaban J connectivity index is 1.57. The van der Waals surface area contributed by atoms with Gasteiger partial charge in [0.05, 0.1) is 12.8 Å². The van der Waals surface area contributed by atoms with Gasteiger partial charge < -0.3 is 13.9 Å². The van der Waals surface area contributed by atoms with Crippen molar-refractivity contribution in [1.82, 2.24) is 9.78 Å². The molecule has 0 N–H and O–H groups in total. The summed E-state index contributed by atoms with van der Waals surface area (Å²) in [6.45, 7) is 1.31. The molecule has 0 aliphatic carbocycles. The van der Waals surface area contributed by atoms with Gasteiger partial charge in [0.1, 0.15) is 22.8 Å². The van der Waals surface area contributed by atoms with Crippen molar-refractivity contribution in [2.24, 2.45) is 0 Å². The van der Waals surface area contributed by atoms with Gasteiger partial charge in [-0.1, -0.05) is 0 Å². The number of hydrogen-bond donors (Lipinski definition) is 0. The van der Waals surface area contributed by atoms with Crippen LogP contribution in [-0.4, -0.2) is 23.0 Å². The van der Waals surface area contributed by atoms with Crippen molar-refractivity contribution in [2.75, 3.05) is 13.2 Å². The summed E-state index contributed by atoms with van der Waals surface area (Å²) in [5.41, 5.74) is 1.68. The summed E-state index contributed by atoms with van der Waals surface area (Å²) < 4.78 is 20.0. The Labute approximate surface area is 148 Å². The molecule has 6 nitrogen and oxygen atoms in total. The van der Waals surface area contributed by atoms with Crippen LogP contribution in [-0.2, 0) is 15.9 Å². The minimum atomic E-state index is -0.262. The number of aromatic nitrogens is 2. The largest absolute Gasteiger partial charge is 0.426 e. The fourth-order valence-electron chi connectivity index (χ4n) is 3.71. The Morgan fingerprint density at radius 3 is 3.08 bits per heavy atom. The van der Waals surface area contributed by atoms with Crippen molar-refractivity contribution in [3.05, 3.63) is 51.1 Å². The molecule has 130 valence electrons. The summed E-state index contributed by atoms with van der Waals surface area (Å²) in [6.07, 6.45) is 7.44. The summed E-state index contributed by atoms with van der Waals surface area (Å²) >= 11 is 1.41. The number of fused-ring (bicyclic) bond motifs is 3. The van der Waals surface area contributed by atoms with Crippen LogP contribution >= 0.6 is 11.3 Å². The molecule has 2 atom stereocenters. The predicted octanol–water partition coefficient (Wildman–Crippen LogP) is 3.41. The Hall–Kier alpha value is -1.96. The maximum absolute atomic E-state index is 12.1. The van der Waals surface area contributed by atoms with Gasteiger partial charge in [-0.3, -0.25) is 0 Å². The molecule has 1 saturated heterocycles. The Morgan fingerprint density at radius 1 is 1.24 bits per heavy atom. The van der Waals surface area contributed by atoms with E-state index in [4.69, 9.17) is 13.9 Å². The van der Waals surface area contributed by atoms with E-state index in [0.717, 1.165) is 48.1 Å². The van der Waals surface area contributed by atoms with E-state index >= 15 is 0 Å². The first-order valence-corrected chi connectivity index (χ1v) is 9.49. The van der Waals surface area contributed by atoms with Crippen molar-refractivity contribution in [1.29, 1.82) is 0 Å². The molecule has 3 aromatic heterocycles. The lowest BCUT2D eigenvalue weighted by atomic mass is 9.97. The van der Waals surface area contributed by atoms with Crippen LogP contribution in [0.5, 0.6) is 0 Å². The monoisotopic (exact) mass is 358 g/mol. The van der Waals surface area contributed by atoms with E-state index in [0.29, 0.717) is 17.7 Å². The molecule has 5 heterocycles. The second-order valence-corrected chi connectivity index (χ2v) is 7.38. The normalized spacial score (nSPS) is 23.7. The van der Waals surface area contributed by atoms with Gasteiger partial charge in [-0.05, 0) is 30.7 Å². The third kappa shape index (κ3) is 2.54.